The third-order valence-electron chi connectivity index (χ3n) is 3.49. The summed E-state index contributed by atoms with van der Waals surface area (Å²) in [4.78, 5) is 23.8. The third kappa shape index (κ3) is 4.60. The summed E-state index contributed by atoms with van der Waals surface area (Å²) in [6.07, 6.45) is -0.0859. The first kappa shape index (κ1) is 16.6. The first-order valence-corrected chi connectivity index (χ1v) is 7.27. The Morgan fingerprint density at radius 3 is 2.57 bits per heavy atom. The fraction of sp³-hybridized carbons (Fsp3) is 0.294. The van der Waals surface area contributed by atoms with Gasteiger partial charge >= 0.3 is 12.0 Å². The van der Waals surface area contributed by atoms with Gasteiger partial charge in [-0.15, -0.1) is 0 Å². The van der Waals surface area contributed by atoms with Crippen LogP contribution in [0.15, 0.2) is 36.4 Å². The molecule has 2 aromatic carbocycles. The molecule has 0 heterocycles. The number of nitrogens with one attached hydrogen (secondary N) is 1. The van der Waals surface area contributed by atoms with Gasteiger partial charge in [-0.1, -0.05) is 18.2 Å². The van der Waals surface area contributed by atoms with E-state index in [0.717, 1.165) is 22.1 Å². The molecule has 0 aliphatic carbocycles. The lowest BCUT2D eigenvalue weighted by molar-refractivity contribution is -0.136. The normalized spacial score (nSPS) is 10.3. The number of carboxylic acid groups (broad SMARTS) is 1. The van der Waals surface area contributed by atoms with Crippen LogP contribution < -0.4 is 10.1 Å². The summed E-state index contributed by atoms with van der Waals surface area (Å²) in [6, 6.07) is 11.5. The van der Waals surface area contributed by atoms with E-state index in [1.54, 1.807) is 14.2 Å². The smallest absolute Gasteiger partial charge is 0.317 e. The summed E-state index contributed by atoms with van der Waals surface area (Å²) in [7, 11) is 3.31. The minimum Gasteiger partial charge on any atom is -0.497 e. The van der Waals surface area contributed by atoms with Crippen LogP contribution in [0.5, 0.6) is 5.75 Å². The number of urea groups is 1. The average Bonchev–Trinajstić information content (AvgIpc) is 2.53. The van der Waals surface area contributed by atoms with E-state index < -0.39 is 5.97 Å². The molecule has 2 rings (SSSR count). The van der Waals surface area contributed by atoms with Gasteiger partial charge in [-0.3, -0.25) is 4.79 Å². The summed E-state index contributed by atoms with van der Waals surface area (Å²) >= 11 is 0. The summed E-state index contributed by atoms with van der Waals surface area (Å²) in [5.74, 6) is -0.127. The van der Waals surface area contributed by atoms with Crippen molar-refractivity contribution in [2.24, 2.45) is 0 Å². The first-order chi connectivity index (χ1) is 11.0. The number of fused-ring (bicyclic) bond motifs is 1. The number of ether oxygens (including phenoxy) is 1. The van der Waals surface area contributed by atoms with E-state index in [1.807, 2.05) is 36.4 Å². The molecule has 122 valence electrons. The Kier molecular flexibility index (Phi) is 5.41. The van der Waals surface area contributed by atoms with E-state index in [0.29, 0.717) is 6.54 Å². The van der Waals surface area contributed by atoms with Gasteiger partial charge in [0, 0.05) is 20.1 Å². The Morgan fingerprint density at radius 2 is 1.87 bits per heavy atom. The quantitative estimate of drug-likeness (QED) is 0.858. The maximum Gasteiger partial charge on any atom is 0.317 e. The molecule has 2 aromatic rings. The Balaban J connectivity index is 2.00. The van der Waals surface area contributed by atoms with Crippen molar-refractivity contribution < 1.29 is 19.4 Å². The second-order valence-electron chi connectivity index (χ2n) is 5.28. The van der Waals surface area contributed by atoms with Crippen molar-refractivity contribution in [2.45, 2.75) is 13.0 Å². The summed E-state index contributed by atoms with van der Waals surface area (Å²) in [5.41, 5.74) is 0.999. The predicted molar refractivity (Wildman–Crippen MR) is 87.6 cm³/mol. The lowest BCUT2D eigenvalue weighted by Gasteiger charge is -2.18. The molecule has 0 aromatic heterocycles. The minimum atomic E-state index is -0.932. The predicted octanol–water partition coefficient (Wildman–Crippen LogP) is 2.46. The van der Waals surface area contributed by atoms with Crippen molar-refractivity contribution in [3.8, 4) is 5.75 Å². The largest absolute Gasteiger partial charge is 0.497 e. The monoisotopic (exact) mass is 316 g/mol. The molecular formula is C17H20N2O4. The molecule has 0 fully saturated rings. The average molecular weight is 316 g/mol. The number of nitrogens with zero attached hydrogens (tertiary/aromatic N) is 1. The van der Waals surface area contributed by atoms with Gasteiger partial charge in [0.1, 0.15) is 5.75 Å². The highest BCUT2D eigenvalue weighted by Gasteiger charge is 2.09. The summed E-state index contributed by atoms with van der Waals surface area (Å²) in [5, 5.41) is 13.3. The standard InChI is InChI=1S/C17H20N2O4/c1-19(17(22)18-8-7-16(20)21)11-12-3-4-14-10-15(23-2)6-5-13(14)9-12/h3-6,9-10H,7-8,11H2,1-2H3,(H,18,22)(H,20,21). The van der Waals surface area contributed by atoms with Gasteiger partial charge in [0.05, 0.1) is 13.5 Å². The highest BCUT2D eigenvalue weighted by molar-refractivity contribution is 5.84. The van der Waals surface area contributed by atoms with Crippen molar-refractivity contribution in [1.82, 2.24) is 10.2 Å². The van der Waals surface area contributed by atoms with Gasteiger partial charge in [0.25, 0.3) is 0 Å². The van der Waals surface area contributed by atoms with Crippen molar-refractivity contribution in [3.05, 3.63) is 42.0 Å². The number of aliphatic carboxylic acids is 1. The number of rotatable bonds is 6. The van der Waals surface area contributed by atoms with Gasteiger partial charge < -0.3 is 20.1 Å². The van der Waals surface area contributed by atoms with Crippen LogP contribution in [-0.4, -0.2) is 42.7 Å². The van der Waals surface area contributed by atoms with E-state index in [2.05, 4.69) is 5.32 Å². The highest BCUT2D eigenvalue weighted by Crippen LogP contribution is 2.22. The van der Waals surface area contributed by atoms with Crippen LogP contribution in [-0.2, 0) is 11.3 Å². The molecule has 0 aliphatic heterocycles. The first-order valence-electron chi connectivity index (χ1n) is 7.27. The maximum absolute atomic E-state index is 11.9. The van der Waals surface area contributed by atoms with Crippen molar-refractivity contribution >= 4 is 22.8 Å². The number of carbonyl (C=O) groups excluding carboxylic acids is 1. The molecule has 0 bridgehead atoms. The molecule has 6 heteroatoms. The van der Waals surface area contributed by atoms with Crippen LogP contribution in [0.2, 0.25) is 0 Å². The fourth-order valence-electron chi connectivity index (χ4n) is 2.26. The number of amides is 2. The lowest BCUT2D eigenvalue weighted by Crippen LogP contribution is -2.37. The molecule has 23 heavy (non-hydrogen) atoms. The van der Waals surface area contributed by atoms with Crippen molar-refractivity contribution in [1.29, 1.82) is 0 Å². The second kappa shape index (κ2) is 7.49. The molecule has 2 N–H and O–H groups in total. The molecule has 0 spiro atoms. The van der Waals surface area contributed by atoms with E-state index in [-0.39, 0.29) is 19.0 Å². The summed E-state index contributed by atoms with van der Waals surface area (Å²) in [6.45, 7) is 0.566. The highest BCUT2D eigenvalue weighted by atomic mass is 16.5. The molecule has 6 nitrogen and oxygen atoms in total. The van der Waals surface area contributed by atoms with Crippen molar-refractivity contribution in [2.75, 3.05) is 20.7 Å². The molecule has 0 saturated carbocycles. The number of carboxylic acids is 1. The zero-order chi connectivity index (χ0) is 16.8. The molecule has 0 atom stereocenters. The number of hydrogen-bond acceptors (Lipinski definition) is 3. The second-order valence-corrected chi connectivity index (χ2v) is 5.28. The number of benzene rings is 2. The van der Waals surface area contributed by atoms with E-state index in [1.165, 1.54) is 4.90 Å². The maximum atomic E-state index is 11.9. The Bertz CT molecular complexity index is 715. The number of methoxy groups -OCH3 is 1. The Labute approximate surface area is 134 Å². The van der Waals surface area contributed by atoms with Gasteiger partial charge in [-0.25, -0.2) is 4.79 Å². The van der Waals surface area contributed by atoms with Gasteiger partial charge in [0.2, 0.25) is 0 Å². The molecule has 0 aliphatic rings. The van der Waals surface area contributed by atoms with Crippen LogP contribution >= 0.6 is 0 Å². The molecular weight excluding hydrogens is 296 g/mol. The molecule has 0 unspecified atom stereocenters. The topological polar surface area (TPSA) is 78.9 Å². The van der Waals surface area contributed by atoms with Crippen LogP contribution in [0.4, 0.5) is 4.79 Å². The third-order valence-corrected chi connectivity index (χ3v) is 3.49. The molecule has 2 amide bonds. The van der Waals surface area contributed by atoms with E-state index in [9.17, 15) is 9.59 Å². The van der Waals surface area contributed by atoms with Crippen LogP contribution in [0.25, 0.3) is 10.8 Å². The zero-order valence-corrected chi connectivity index (χ0v) is 13.2. The van der Waals surface area contributed by atoms with E-state index >= 15 is 0 Å². The van der Waals surface area contributed by atoms with Gasteiger partial charge in [0.15, 0.2) is 0 Å². The van der Waals surface area contributed by atoms with Gasteiger partial charge in [-0.2, -0.15) is 0 Å². The summed E-state index contributed by atoms with van der Waals surface area (Å²) < 4.78 is 5.20. The minimum absolute atomic E-state index is 0.0859. The van der Waals surface area contributed by atoms with Crippen LogP contribution in [0.3, 0.4) is 0 Å². The molecule has 0 radical (unpaired) electrons. The van der Waals surface area contributed by atoms with Gasteiger partial charge in [-0.05, 0) is 34.5 Å². The number of hydrogen-bond donors (Lipinski definition) is 2. The SMILES string of the molecule is COc1ccc2cc(CN(C)C(=O)NCCC(=O)O)ccc2c1. The van der Waals surface area contributed by atoms with Crippen LogP contribution in [0, 0.1) is 0 Å². The van der Waals surface area contributed by atoms with Crippen molar-refractivity contribution in [3.63, 3.8) is 0 Å². The lowest BCUT2D eigenvalue weighted by atomic mass is 10.1. The zero-order valence-electron chi connectivity index (χ0n) is 13.2. The van der Waals surface area contributed by atoms with Crippen LogP contribution in [0.1, 0.15) is 12.0 Å². The fourth-order valence-corrected chi connectivity index (χ4v) is 2.26. The Morgan fingerprint density at radius 1 is 1.17 bits per heavy atom. The van der Waals surface area contributed by atoms with E-state index in [4.69, 9.17) is 9.84 Å². The Hall–Kier alpha value is -2.76. The number of carbonyl (C=O) groups is 2. The molecule has 0 saturated heterocycles.